The number of hydrogen-bond donors (Lipinski definition) is 1. The quantitative estimate of drug-likeness (QED) is 0.791. The predicted octanol–water partition coefficient (Wildman–Crippen LogP) is 1.50. The molecule has 3 unspecified atom stereocenters. The van der Waals surface area contributed by atoms with Gasteiger partial charge in [-0.1, -0.05) is 13.3 Å². The van der Waals surface area contributed by atoms with Gasteiger partial charge in [0.15, 0.2) is 0 Å². The number of aliphatic carboxylic acids is 1. The SMILES string of the molecule is CCCC(=O)N1CC2CCCC2C1C(=O)O. The molecule has 1 saturated carbocycles. The average molecular weight is 225 g/mol. The molecule has 4 heteroatoms. The monoisotopic (exact) mass is 225 g/mol. The Hall–Kier alpha value is -1.06. The van der Waals surface area contributed by atoms with Crippen LogP contribution in [0.2, 0.25) is 0 Å². The van der Waals surface area contributed by atoms with Gasteiger partial charge in [0.05, 0.1) is 0 Å². The fourth-order valence-corrected chi connectivity index (χ4v) is 3.24. The van der Waals surface area contributed by atoms with Gasteiger partial charge >= 0.3 is 5.97 Å². The molecule has 2 fully saturated rings. The number of amides is 1. The molecule has 1 amide bonds. The highest BCUT2D eigenvalue weighted by Gasteiger charge is 2.49. The maximum atomic E-state index is 11.9. The molecule has 1 N–H and O–H groups in total. The van der Waals surface area contributed by atoms with Crippen molar-refractivity contribution in [3.05, 3.63) is 0 Å². The Morgan fingerprint density at radius 1 is 1.38 bits per heavy atom. The maximum Gasteiger partial charge on any atom is 0.326 e. The molecule has 0 aromatic carbocycles. The van der Waals surface area contributed by atoms with Gasteiger partial charge in [0.25, 0.3) is 0 Å². The fraction of sp³-hybridized carbons (Fsp3) is 0.833. The Morgan fingerprint density at radius 2 is 2.12 bits per heavy atom. The molecule has 1 saturated heterocycles. The van der Waals surface area contributed by atoms with Crippen molar-refractivity contribution < 1.29 is 14.7 Å². The van der Waals surface area contributed by atoms with Gasteiger partial charge in [-0.25, -0.2) is 4.79 Å². The minimum atomic E-state index is -0.821. The number of fused-ring (bicyclic) bond motifs is 1. The molecule has 0 spiro atoms. The van der Waals surface area contributed by atoms with E-state index in [0.29, 0.717) is 18.9 Å². The standard InChI is InChI=1S/C12H19NO3/c1-2-4-10(14)13-7-8-5-3-6-9(8)11(13)12(15)16/h8-9,11H,2-7H2,1H3,(H,15,16). The van der Waals surface area contributed by atoms with E-state index in [-0.39, 0.29) is 11.8 Å². The molecule has 2 aliphatic rings. The molecule has 16 heavy (non-hydrogen) atoms. The molecule has 0 bridgehead atoms. The van der Waals surface area contributed by atoms with E-state index in [0.717, 1.165) is 25.7 Å². The van der Waals surface area contributed by atoms with Crippen LogP contribution in [-0.4, -0.2) is 34.5 Å². The van der Waals surface area contributed by atoms with Gasteiger partial charge in [-0.05, 0) is 31.1 Å². The summed E-state index contributed by atoms with van der Waals surface area (Å²) in [4.78, 5) is 24.7. The van der Waals surface area contributed by atoms with Crippen molar-refractivity contribution in [1.29, 1.82) is 0 Å². The highest BCUT2D eigenvalue weighted by atomic mass is 16.4. The van der Waals surface area contributed by atoms with Crippen molar-refractivity contribution in [3.8, 4) is 0 Å². The number of hydrogen-bond acceptors (Lipinski definition) is 2. The molecular formula is C12H19NO3. The molecule has 0 radical (unpaired) electrons. The molecule has 2 rings (SSSR count). The summed E-state index contributed by atoms with van der Waals surface area (Å²) in [6, 6.07) is -0.549. The van der Waals surface area contributed by atoms with Crippen molar-refractivity contribution in [2.24, 2.45) is 11.8 Å². The number of carboxylic acids is 1. The van der Waals surface area contributed by atoms with E-state index in [2.05, 4.69) is 0 Å². The molecule has 3 atom stereocenters. The highest BCUT2D eigenvalue weighted by molar-refractivity contribution is 5.84. The lowest BCUT2D eigenvalue weighted by Gasteiger charge is -2.24. The Bertz CT molecular complexity index is 303. The van der Waals surface area contributed by atoms with Crippen molar-refractivity contribution in [2.45, 2.75) is 45.1 Å². The van der Waals surface area contributed by atoms with Crippen molar-refractivity contribution in [3.63, 3.8) is 0 Å². The van der Waals surface area contributed by atoms with Crippen LogP contribution in [0.25, 0.3) is 0 Å². The third-order valence-electron chi connectivity index (χ3n) is 3.93. The van der Waals surface area contributed by atoms with Crippen LogP contribution in [0.4, 0.5) is 0 Å². The van der Waals surface area contributed by atoms with Gasteiger partial charge in [0.1, 0.15) is 6.04 Å². The van der Waals surface area contributed by atoms with Gasteiger partial charge in [-0.2, -0.15) is 0 Å². The predicted molar refractivity (Wildman–Crippen MR) is 58.9 cm³/mol. The van der Waals surface area contributed by atoms with Gasteiger partial charge in [0, 0.05) is 13.0 Å². The number of rotatable bonds is 3. The molecule has 4 nitrogen and oxygen atoms in total. The summed E-state index contributed by atoms with van der Waals surface area (Å²) in [5.41, 5.74) is 0. The van der Waals surface area contributed by atoms with Crippen molar-refractivity contribution in [2.75, 3.05) is 6.54 Å². The van der Waals surface area contributed by atoms with Crippen LogP contribution >= 0.6 is 0 Å². The summed E-state index contributed by atoms with van der Waals surface area (Å²) in [5, 5.41) is 9.25. The maximum absolute atomic E-state index is 11.9. The zero-order chi connectivity index (χ0) is 11.7. The third-order valence-corrected chi connectivity index (χ3v) is 3.93. The van der Waals surface area contributed by atoms with E-state index < -0.39 is 12.0 Å². The number of carbonyl (C=O) groups excluding carboxylic acids is 1. The first-order chi connectivity index (χ1) is 7.65. The van der Waals surface area contributed by atoms with E-state index in [1.54, 1.807) is 4.90 Å². The zero-order valence-corrected chi connectivity index (χ0v) is 9.69. The summed E-state index contributed by atoms with van der Waals surface area (Å²) >= 11 is 0. The van der Waals surface area contributed by atoms with Crippen LogP contribution in [0.5, 0.6) is 0 Å². The summed E-state index contributed by atoms with van der Waals surface area (Å²) < 4.78 is 0. The van der Waals surface area contributed by atoms with Gasteiger partial charge < -0.3 is 10.0 Å². The molecule has 90 valence electrons. The van der Waals surface area contributed by atoms with E-state index in [1.165, 1.54) is 0 Å². The summed E-state index contributed by atoms with van der Waals surface area (Å²) in [6.07, 6.45) is 4.44. The second-order valence-corrected chi connectivity index (χ2v) is 4.93. The van der Waals surface area contributed by atoms with Crippen molar-refractivity contribution in [1.82, 2.24) is 4.90 Å². The van der Waals surface area contributed by atoms with Crippen molar-refractivity contribution >= 4 is 11.9 Å². The first-order valence-corrected chi connectivity index (χ1v) is 6.17. The molecular weight excluding hydrogens is 206 g/mol. The fourth-order valence-electron chi connectivity index (χ4n) is 3.24. The number of nitrogens with zero attached hydrogens (tertiary/aromatic N) is 1. The molecule has 0 aromatic heterocycles. The minimum absolute atomic E-state index is 0.0179. The first kappa shape index (κ1) is 11.4. The Morgan fingerprint density at radius 3 is 2.75 bits per heavy atom. The number of carboxylic acid groups (broad SMARTS) is 1. The lowest BCUT2D eigenvalue weighted by molar-refractivity contribution is -0.149. The number of likely N-dealkylation sites (tertiary alicyclic amines) is 1. The minimum Gasteiger partial charge on any atom is -0.480 e. The Kier molecular flexibility index (Phi) is 3.17. The van der Waals surface area contributed by atoms with E-state index >= 15 is 0 Å². The molecule has 1 heterocycles. The van der Waals surface area contributed by atoms with Crippen LogP contribution in [0.1, 0.15) is 39.0 Å². The van der Waals surface area contributed by atoms with Crippen LogP contribution < -0.4 is 0 Å². The first-order valence-electron chi connectivity index (χ1n) is 6.17. The lowest BCUT2D eigenvalue weighted by Crippen LogP contribution is -2.43. The summed E-state index contributed by atoms with van der Waals surface area (Å²) in [7, 11) is 0. The van der Waals surface area contributed by atoms with Gasteiger partial charge in [0.2, 0.25) is 5.91 Å². The van der Waals surface area contributed by atoms with Crippen LogP contribution in [0.3, 0.4) is 0 Å². The van der Waals surface area contributed by atoms with Crippen LogP contribution in [0.15, 0.2) is 0 Å². The average Bonchev–Trinajstić information content (AvgIpc) is 2.74. The zero-order valence-electron chi connectivity index (χ0n) is 9.69. The van der Waals surface area contributed by atoms with Gasteiger partial charge in [-0.15, -0.1) is 0 Å². The van der Waals surface area contributed by atoms with E-state index in [9.17, 15) is 14.7 Å². The normalized spacial score (nSPS) is 32.8. The smallest absolute Gasteiger partial charge is 0.326 e. The van der Waals surface area contributed by atoms with E-state index in [4.69, 9.17) is 0 Å². The van der Waals surface area contributed by atoms with E-state index in [1.807, 2.05) is 6.92 Å². The third kappa shape index (κ3) is 1.81. The van der Waals surface area contributed by atoms with Crippen LogP contribution in [0, 0.1) is 11.8 Å². The van der Waals surface area contributed by atoms with Gasteiger partial charge in [-0.3, -0.25) is 4.79 Å². The molecule has 1 aliphatic heterocycles. The molecule has 0 aromatic rings. The topological polar surface area (TPSA) is 57.6 Å². The number of carbonyl (C=O) groups is 2. The second-order valence-electron chi connectivity index (χ2n) is 4.93. The summed E-state index contributed by atoms with van der Waals surface area (Å²) in [6.45, 7) is 2.62. The molecule has 1 aliphatic carbocycles. The van der Waals surface area contributed by atoms with Crippen LogP contribution in [-0.2, 0) is 9.59 Å². The Labute approximate surface area is 95.6 Å². The highest BCUT2D eigenvalue weighted by Crippen LogP contribution is 2.42. The largest absolute Gasteiger partial charge is 0.480 e. The Balaban J connectivity index is 2.13. The second kappa shape index (κ2) is 4.44. The summed E-state index contributed by atoms with van der Waals surface area (Å²) in [5.74, 6) is -0.164. The lowest BCUT2D eigenvalue weighted by atomic mass is 9.94.